The second kappa shape index (κ2) is 6.67. The molecule has 22 heavy (non-hydrogen) atoms. The largest absolute Gasteiger partial charge is 0.463 e. The minimum absolute atomic E-state index is 0.0280. The maximum atomic E-state index is 11.1. The molecule has 0 heterocycles. The van der Waals surface area contributed by atoms with Gasteiger partial charge < -0.3 is 4.74 Å². The summed E-state index contributed by atoms with van der Waals surface area (Å²) in [4.78, 5) is 20.9. The van der Waals surface area contributed by atoms with Gasteiger partial charge in [-0.05, 0) is 35.2 Å². The van der Waals surface area contributed by atoms with Gasteiger partial charge in [-0.2, -0.15) is 0 Å². The van der Waals surface area contributed by atoms with Gasteiger partial charge >= 0.3 is 0 Å². The monoisotopic (exact) mass is 297 g/mol. The van der Waals surface area contributed by atoms with E-state index in [1.54, 1.807) is 12.1 Å². The lowest BCUT2D eigenvalue weighted by atomic mass is 9.97. The first-order valence-corrected chi connectivity index (χ1v) is 6.63. The molecule has 0 bridgehead atoms. The van der Waals surface area contributed by atoms with Crippen LogP contribution in [0.2, 0.25) is 0 Å². The highest BCUT2D eigenvalue weighted by molar-refractivity contribution is 5.73. The number of nitro benzene ring substituents is 1. The van der Waals surface area contributed by atoms with Crippen molar-refractivity contribution < 1.29 is 14.5 Å². The summed E-state index contributed by atoms with van der Waals surface area (Å²) in [6.45, 7) is 6.11. The van der Waals surface area contributed by atoms with Crippen LogP contribution >= 0.6 is 0 Å². The predicted molar refractivity (Wildman–Crippen MR) is 84.2 cm³/mol. The van der Waals surface area contributed by atoms with Crippen LogP contribution in [0.4, 0.5) is 5.69 Å². The smallest absolute Gasteiger partial charge is 0.293 e. The summed E-state index contributed by atoms with van der Waals surface area (Å²) in [5.41, 5.74) is 3.99. The topological polar surface area (TPSA) is 69.4 Å². The molecule has 0 atom stereocenters. The van der Waals surface area contributed by atoms with Gasteiger partial charge in [0, 0.05) is 6.07 Å². The van der Waals surface area contributed by atoms with Crippen molar-refractivity contribution in [2.45, 2.75) is 13.5 Å². The molecule has 0 N–H and O–H groups in total. The van der Waals surface area contributed by atoms with Crippen molar-refractivity contribution in [2.24, 2.45) is 0 Å². The van der Waals surface area contributed by atoms with Crippen LogP contribution in [0.3, 0.4) is 0 Å². The molecule has 0 aromatic heterocycles. The number of carbonyl (C=O) groups excluding carboxylic acids is 1. The van der Waals surface area contributed by atoms with Crippen LogP contribution in [-0.4, -0.2) is 11.4 Å². The third-order valence-electron chi connectivity index (χ3n) is 3.37. The summed E-state index contributed by atoms with van der Waals surface area (Å²) in [6.07, 6.45) is 1.47. The molecule has 2 aromatic carbocycles. The normalized spacial score (nSPS) is 10.0. The average Bonchev–Trinajstić information content (AvgIpc) is 2.52. The van der Waals surface area contributed by atoms with Gasteiger partial charge in [-0.3, -0.25) is 14.9 Å². The van der Waals surface area contributed by atoms with E-state index in [9.17, 15) is 14.9 Å². The van der Waals surface area contributed by atoms with Crippen molar-refractivity contribution in [1.82, 2.24) is 0 Å². The molecule has 0 unspecified atom stereocenters. The van der Waals surface area contributed by atoms with Crippen LogP contribution in [-0.2, 0) is 16.1 Å². The number of hydrogen-bond acceptors (Lipinski definition) is 4. The Hall–Kier alpha value is -2.95. The second-order valence-corrected chi connectivity index (χ2v) is 4.79. The predicted octanol–water partition coefficient (Wildman–Crippen LogP) is 3.89. The fraction of sp³-hybridized carbons (Fsp3) is 0.118. The summed E-state index contributed by atoms with van der Waals surface area (Å²) in [6, 6.07) is 10.6. The molecule has 5 heteroatoms. The lowest BCUT2D eigenvalue weighted by Gasteiger charge is -2.09. The second-order valence-electron chi connectivity index (χ2n) is 4.79. The molecule has 112 valence electrons. The third-order valence-corrected chi connectivity index (χ3v) is 3.37. The van der Waals surface area contributed by atoms with Gasteiger partial charge in [-0.25, -0.2) is 0 Å². The molecule has 0 aliphatic carbocycles. The Balaban J connectivity index is 2.43. The molecular weight excluding hydrogens is 282 g/mol. The Labute approximate surface area is 128 Å². The number of ether oxygens (including phenoxy) is 1. The van der Waals surface area contributed by atoms with E-state index in [0.29, 0.717) is 12.0 Å². The molecule has 0 amide bonds. The number of rotatable bonds is 6. The summed E-state index contributed by atoms with van der Waals surface area (Å²) in [5.74, 6) is 0. The van der Waals surface area contributed by atoms with Crippen LogP contribution in [0.5, 0.6) is 0 Å². The minimum atomic E-state index is -0.415. The van der Waals surface area contributed by atoms with Crippen LogP contribution in [0.15, 0.2) is 43.0 Å². The maximum absolute atomic E-state index is 11.1. The Kier molecular flexibility index (Phi) is 4.68. The van der Waals surface area contributed by atoms with Crippen molar-refractivity contribution >= 4 is 18.2 Å². The summed E-state index contributed by atoms with van der Waals surface area (Å²) in [7, 11) is 0. The summed E-state index contributed by atoms with van der Waals surface area (Å²) < 4.78 is 4.72. The highest BCUT2D eigenvalue weighted by Crippen LogP contribution is 2.30. The molecule has 0 aliphatic heterocycles. The lowest BCUT2D eigenvalue weighted by Crippen LogP contribution is -1.95. The van der Waals surface area contributed by atoms with E-state index in [4.69, 9.17) is 4.74 Å². The zero-order chi connectivity index (χ0) is 16.1. The van der Waals surface area contributed by atoms with E-state index in [1.165, 1.54) is 6.08 Å². The molecule has 0 aliphatic rings. The first-order chi connectivity index (χ1) is 10.6. The van der Waals surface area contributed by atoms with E-state index >= 15 is 0 Å². The van der Waals surface area contributed by atoms with Crippen molar-refractivity contribution in [3.05, 3.63) is 69.8 Å². The molecule has 0 radical (unpaired) electrons. The Morgan fingerprint density at radius 2 is 2.05 bits per heavy atom. The van der Waals surface area contributed by atoms with Crippen molar-refractivity contribution in [3.8, 4) is 11.1 Å². The fourth-order valence-corrected chi connectivity index (χ4v) is 2.31. The summed E-state index contributed by atoms with van der Waals surface area (Å²) >= 11 is 0. The van der Waals surface area contributed by atoms with Crippen LogP contribution in [0, 0.1) is 17.0 Å². The number of aryl methyl sites for hydroxylation is 1. The molecule has 2 rings (SSSR count). The Bertz CT molecular complexity index is 737. The molecule has 0 saturated heterocycles. The Morgan fingerprint density at radius 1 is 1.27 bits per heavy atom. The average molecular weight is 297 g/mol. The Morgan fingerprint density at radius 3 is 2.64 bits per heavy atom. The standard InChI is InChI=1S/C17H15NO4/c1-3-14-5-6-15(9-17(14)18(20)21)16-7-4-13(8-12(16)2)10-22-11-19/h3-9,11H,1,10H2,2H3. The van der Waals surface area contributed by atoms with Gasteiger partial charge in [0.25, 0.3) is 12.2 Å². The van der Waals surface area contributed by atoms with Crippen LogP contribution in [0.1, 0.15) is 16.7 Å². The molecule has 2 aromatic rings. The quantitative estimate of drug-likeness (QED) is 0.461. The highest BCUT2D eigenvalue weighted by atomic mass is 16.6. The van der Waals surface area contributed by atoms with E-state index in [0.717, 1.165) is 22.3 Å². The van der Waals surface area contributed by atoms with E-state index in [1.807, 2.05) is 31.2 Å². The first-order valence-electron chi connectivity index (χ1n) is 6.63. The number of nitrogens with zero attached hydrogens (tertiary/aromatic N) is 1. The van der Waals surface area contributed by atoms with Crippen LogP contribution in [0.25, 0.3) is 17.2 Å². The van der Waals surface area contributed by atoms with Gasteiger partial charge in [0.15, 0.2) is 0 Å². The molecular formula is C17H15NO4. The molecule has 5 nitrogen and oxygen atoms in total. The minimum Gasteiger partial charge on any atom is -0.463 e. The van der Waals surface area contributed by atoms with Gasteiger partial charge in [-0.15, -0.1) is 0 Å². The van der Waals surface area contributed by atoms with Gasteiger partial charge in [0.1, 0.15) is 6.61 Å². The fourth-order valence-electron chi connectivity index (χ4n) is 2.31. The van der Waals surface area contributed by atoms with Crippen molar-refractivity contribution in [3.63, 3.8) is 0 Å². The van der Waals surface area contributed by atoms with Crippen LogP contribution < -0.4 is 0 Å². The SMILES string of the molecule is C=Cc1ccc(-c2ccc(COC=O)cc2C)cc1[N+](=O)[O-]. The zero-order valence-corrected chi connectivity index (χ0v) is 12.1. The lowest BCUT2D eigenvalue weighted by molar-refractivity contribution is -0.385. The number of hydrogen-bond donors (Lipinski definition) is 0. The molecule has 0 spiro atoms. The maximum Gasteiger partial charge on any atom is 0.293 e. The van der Waals surface area contributed by atoms with E-state index in [-0.39, 0.29) is 12.3 Å². The number of benzene rings is 2. The number of carbonyl (C=O) groups is 1. The zero-order valence-electron chi connectivity index (χ0n) is 12.1. The van der Waals surface area contributed by atoms with Gasteiger partial charge in [-0.1, -0.05) is 36.9 Å². The first kappa shape index (κ1) is 15.4. The van der Waals surface area contributed by atoms with Crippen molar-refractivity contribution in [1.29, 1.82) is 0 Å². The van der Waals surface area contributed by atoms with Gasteiger partial charge in [0.05, 0.1) is 10.5 Å². The molecule has 0 saturated carbocycles. The third kappa shape index (κ3) is 3.20. The van der Waals surface area contributed by atoms with Crippen molar-refractivity contribution in [2.75, 3.05) is 0 Å². The van der Waals surface area contributed by atoms with E-state index < -0.39 is 4.92 Å². The summed E-state index contributed by atoms with van der Waals surface area (Å²) in [5, 5.41) is 11.1. The van der Waals surface area contributed by atoms with Gasteiger partial charge in [0.2, 0.25) is 0 Å². The number of nitro groups is 1. The van der Waals surface area contributed by atoms with E-state index in [2.05, 4.69) is 6.58 Å². The molecule has 0 fully saturated rings. The highest BCUT2D eigenvalue weighted by Gasteiger charge is 2.14.